The van der Waals surface area contributed by atoms with Crippen molar-refractivity contribution in [2.45, 2.75) is 26.3 Å². The van der Waals surface area contributed by atoms with E-state index < -0.39 is 5.56 Å². The topological polar surface area (TPSA) is 73.4 Å². The van der Waals surface area contributed by atoms with Gasteiger partial charge in [0.05, 0.1) is 11.6 Å². The number of pyridine rings is 1. The first-order chi connectivity index (χ1) is 7.56. The molecule has 0 bridgehead atoms. The molecule has 0 aliphatic carbocycles. The highest BCUT2D eigenvalue weighted by Crippen LogP contribution is 2.36. The number of hydrogen-bond acceptors (Lipinski definition) is 3. The smallest absolute Gasteiger partial charge is 0.255 e. The number of carbonyl (C=O) groups is 1. The number of aromatic hydroxyl groups is 1. The van der Waals surface area contributed by atoms with Crippen molar-refractivity contribution in [3.8, 4) is 5.88 Å². The van der Waals surface area contributed by atoms with E-state index >= 15 is 0 Å². The van der Waals surface area contributed by atoms with Crippen LogP contribution >= 0.6 is 0 Å². The summed E-state index contributed by atoms with van der Waals surface area (Å²) in [5.74, 6) is -0.368. The van der Waals surface area contributed by atoms with Crippen LogP contribution in [0.4, 0.5) is 0 Å². The zero-order chi connectivity index (χ0) is 11.9. The molecule has 1 aromatic rings. The van der Waals surface area contributed by atoms with Crippen LogP contribution < -0.4 is 5.56 Å². The summed E-state index contributed by atoms with van der Waals surface area (Å²) in [5, 5.41) is 9.65. The lowest BCUT2D eigenvalue weighted by Crippen LogP contribution is -2.27. The van der Waals surface area contributed by atoms with Crippen LogP contribution in [0.5, 0.6) is 5.88 Å². The average Bonchev–Trinajstić information content (AvgIpc) is 2.43. The summed E-state index contributed by atoms with van der Waals surface area (Å²) in [5.41, 5.74) is 0.399. The highest BCUT2D eigenvalue weighted by Gasteiger charge is 2.36. The number of nitrogens with one attached hydrogen (secondary N) is 1. The number of aromatic amines is 1. The standard InChI is InChI=1S/C11H14N2O3/c1-3-4-13-6(2)9-7(11(13)16)5-8(14)12-10(9)15/h5-6H,3-4H2,1-2H3,(H2,12,14,15)/t6-/m1/s1. The van der Waals surface area contributed by atoms with Crippen LogP contribution in [0, 0.1) is 0 Å². The normalized spacial score (nSPS) is 19.0. The van der Waals surface area contributed by atoms with Gasteiger partial charge in [-0.15, -0.1) is 0 Å². The molecule has 0 fully saturated rings. The molecule has 5 nitrogen and oxygen atoms in total. The van der Waals surface area contributed by atoms with Gasteiger partial charge in [-0.1, -0.05) is 6.92 Å². The molecule has 1 aliphatic rings. The number of nitrogens with zero attached hydrogens (tertiary/aromatic N) is 1. The average molecular weight is 222 g/mol. The highest BCUT2D eigenvalue weighted by atomic mass is 16.3. The number of fused-ring (bicyclic) bond motifs is 1. The third-order valence-corrected chi connectivity index (χ3v) is 2.90. The van der Waals surface area contributed by atoms with Crippen molar-refractivity contribution in [3.63, 3.8) is 0 Å². The predicted molar refractivity (Wildman–Crippen MR) is 58.5 cm³/mol. The molecule has 5 heteroatoms. The molecule has 1 aromatic heterocycles. The third kappa shape index (κ3) is 1.39. The molecule has 2 N–H and O–H groups in total. The molecule has 1 amide bonds. The van der Waals surface area contributed by atoms with Gasteiger partial charge < -0.3 is 10.0 Å². The van der Waals surface area contributed by atoms with E-state index in [2.05, 4.69) is 4.98 Å². The molecule has 1 aliphatic heterocycles. The molecule has 0 aromatic carbocycles. The molecule has 2 rings (SSSR count). The Morgan fingerprint density at radius 1 is 1.50 bits per heavy atom. The minimum absolute atomic E-state index is 0.175. The molecular weight excluding hydrogens is 208 g/mol. The Kier molecular flexibility index (Phi) is 2.46. The van der Waals surface area contributed by atoms with E-state index in [1.807, 2.05) is 13.8 Å². The number of aromatic nitrogens is 1. The number of carbonyl (C=O) groups excluding carboxylic acids is 1. The van der Waals surface area contributed by atoms with Gasteiger partial charge in [-0.2, -0.15) is 0 Å². The van der Waals surface area contributed by atoms with Gasteiger partial charge in [0, 0.05) is 18.2 Å². The Morgan fingerprint density at radius 2 is 2.19 bits per heavy atom. The van der Waals surface area contributed by atoms with Crippen molar-refractivity contribution in [2.75, 3.05) is 6.54 Å². The van der Waals surface area contributed by atoms with Crippen molar-refractivity contribution >= 4 is 5.91 Å². The van der Waals surface area contributed by atoms with Crippen LogP contribution in [0.2, 0.25) is 0 Å². The Labute approximate surface area is 92.7 Å². The SMILES string of the molecule is CCCN1C(=O)c2cc(=O)[nH]c(O)c2[C@H]1C. The number of hydrogen-bond donors (Lipinski definition) is 2. The minimum Gasteiger partial charge on any atom is -0.494 e. The quantitative estimate of drug-likeness (QED) is 0.784. The number of rotatable bonds is 2. The van der Waals surface area contributed by atoms with E-state index in [4.69, 9.17) is 0 Å². The monoisotopic (exact) mass is 222 g/mol. The summed E-state index contributed by atoms with van der Waals surface area (Å²) >= 11 is 0. The fraction of sp³-hybridized carbons (Fsp3) is 0.455. The molecule has 0 saturated heterocycles. The molecule has 0 saturated carbocycles. The lowest BCUT2D eigenvalue weighted by Gasteiger charge is -2.20. The maximum atomic E-state index is 12.0. The molecule has 16 heavy (non-hydrogen) atoms. The van der Waals surface area contributed by atoms with Crippen LogP contribution in [-0.2, 0) is 0 Å². The second-order valence-electron chi connectivity index (χ2n) is 3.98. The van der Waals surface area contributed by atoms with Crippen LogP contribution in [-0.4, -0.2) is 27.4 Å². The van der Waals surface area contributed by atoms with E-state index in [0.29, 0.717) is 17.7 Å². The van der Waals surface area contributed by atoms with Gasteiger partial charge in [-0.3, -0.25) is 14.6 Å². The summed E-state index contributed by atoms with van der Waals surface area (Å²) in [6.45, 7) is 4.45. The highest BCUT2D eigenvalue weighted by molar-refractivity contribution is 5.99. The van der Waals surface area contributed by atoms with Gasteiger partial charge in [0.25, 0.3) is 11.5 Å². The second kappa shape index (κ2) is 3.66. The zero-order valence-electron chi connectivity index (χ0n) is 9.28. The summed E-state index contributed by atoms with van der Waals surface area (Å²) in [7, 11) is 0. The lowest BCUT2D eigenvalue weighted by atomic mass is 10.1. The van der Waals surface area contributed by atoms with E-state index in [9.17, 15) is 14.7 Å². The van der Waals surface area contributed by atoms with Crippen LogP contribution in [0.3, 0.4) is 0 Å². The third-order valence-electron chi connectivity index (χ3n) is 2.90. The van der Waals surface area contributed by atoms with Crippen molar-refractivity contribution in [1.29, 1.82) is 0 Å². The maximum Gasteiger partial charge on any atom is 0.255 e. The molecule has 0 radical (unpaired) electrons. The first kappa shape index (κ1) is 10.7. The Bertz CT molecular complexity index is 492. The number of amides is 1. The molecule has 1 atom stereocenters. The van der Waals surface area contributed by atoms with E-state index in [0.717, 1.165) is 6.42 Å². The lowest BCUT2D eigenvalue weighted by molar-refractivity contribution is 0.0737. The predicted octanol–water partition coefficient (Wildman–Crippen LogP) is 1.01. The van der Waals surface area contributed by atoms with E-state index in [1.165, 1.54) is 6.07 Å². The minimum atomic E-state index is -0.449. The Balaban J connectivity index is 2.55. The first-order valence-corrected chi connectivity index (χ1v) is 5.33. The van der Waals surface area contributed by atoms with Crippen LogP contribution in [0.25, 0.3) is 0 Å². The molecule has 0 spiro atoms. The van der Waals surface area contributed by atoms with Gasteiger partial charge in [0.1, 0.15) is 0 Å². The fourth-order valence-corrected chi connectivity index (χ4v) is 2.18. The van der Waals surface area contributed by atoms with Crippen molar-refractivity contribution in [2.24, 2.45) is 0 Å². The van der Waals surface area contributed by atoms with Gasteiger partial charge in [0.15, 0.2) is 5.88 Å². The molecule has 0 unspecified atom stereocenters. The molecule has 2 heterocycles. The molecule has 86 valence electrons. The number of H-pyrrole nitrogens is 1. The molecular formula is C11H14N2O3. The zero-order valence-corrected chi connectivity index (χ0v) is 9.28. The van der Waals surface area contributed by atoms with Gasteiger partial charge in [-0.05, 0) is 13.3 Å². The van der Waals surface area contributed by atoms with Crippen molar-refractivity contribution < 1.29 is 9.90 Å². The van der Waals surface area contributed by atoms with Crippen LogP contribution in [0.1, 0.15) is 42.2 Å². The largest absolute Gasteiger partial charge is 0.494 e. The maximum absolute atomic E-state index is 12.0. The summed E-state index contributed by atoms with van der Waals surface area (Å²) < 4.78 is 0. The van der Waals surface area contributed by atoms with Crippen molar-refractivity contribution in [1.82, 2.24) is 9.88 Å². The summed E-state index contributed by atoms with van der Waals surface area (Å²) in [6, 6.07) is 1.07. The summed E-state index contributed by atoms with van der Waals surface area (Å²) in [4.78, 5) is 27.1. The summed E-state index contributed by atoms with van der Waals surface area (Å²) in [6.07, 6.45) is 0.846. The van der Waals surface area contributed by atoms with Crippen LogP contribution in [0.15, 0.2) is 10.9 Å². The fourth-order valence-electron chi connectivity index (χ4n) is 2.18. The van der Waals surface area contributed by atoms with E-state index in [1.54, 1.807) is 4.90 Å². The first-order valence-electron chi connectivity index (χ1n) is 5.33. The van der Waals surface area contributed by atoms with Crippen molar-refractivity contribution in [3.05, 3.63) is 27.5 Å². The van der Waals surface area contributed by atoms with Gasteiger partial charge in [-0.25, -0.2) is 0 Å². The Hall–Kier alpha value is -1.78. The Morgan fingerprint density at radius 3 is 2.81 bits per heavy atom. The van der Waals surface area contributed by atoms with Gasteiger partial charge in [0.2, 0.25) is 0 Å². The van der Waals surface area contributed by atoms with Gasteiger partial charge >= 0.3 is 0 Å². The second-order valence-corrected chi connectivity index (χ2v) is 3.98. The van der Waals surface area contributed by atoms with E-state index in [-0.39, 0.29) is 17.8 Å².